The standard InChI is InChI=1S/C15H17Cl2NO2/c1-10-6-7-18(9-14(10)19)15(20)5-2-11-8-12(16)3-4-13(11)17/h2-5,8,10,14,19H,6-7,9H2,1H3/b5-2+. The van der Waals surface area contributed by atoms with Gasteiger partial charge in [0.2, 0.25) is 5.91 Å². The second kappa shape index (κ2) is 6.61. The SMILES string of the molecule is CC1CCN(C(=O)/C=C/c2cc(Cl)ccc2Cl)CC1O. The van der Waals surface area contributed by atoms with Crippen LogP contribution >= 0.6 is 23.2 Å². The Morgan fingerprint density at radius 2 is 2.20 bits per heavy atom. The van der Waals surface area contributed by atoms with Crippen LogP contribution in [0.4, 0.5) is 0 Å². The average Bonchev–Trinajstić information content (AvgIpc) is 2.42. The molecule has 2 unspecified atom stereocenters. The fourth-order valence-electron chi connectivity index (χ4n) is 2.16. The van der Waals surface area contributed by atoms with E-state index in [2.05, 4.69) is 0 Å². The number of hydrogen-bond donors (Lipinski definition) is 1. The van der Waals surface area contributed by atoms with Gasteiger partial charge in [-0.05, 0) is 42.2 Å². The summed E-state index contributed by atoms with van der Waals surface area (Å²) in [5, 5.41) is 10.9. The van der Waals surface area contributed by atoms with Crippen molar-refractivity contribution < 1.29 is 9.90 Å². The summed E-state index contributed by atoms with van der Waals surface area (Å²) in [6, 6.07) is 5.10. The Hall–Kier alpha value is -1.03. The molecular weight excluding hydrogens is 297 g/mol. The Balaban J connectivity index is 2.04. The summed E-state index contributed by atoms with van der Waals surface area (Å²) in [4.78, 5) is 13.7. The van der Waals surface area contributed by atoms with E-state index in [-0.39, 0.29) is 11.8 Å². The molecule has 2 atom stereocenters. The van der Waals surface area contributed by atoms with E-state index in [0.29, 0.717) is 28.7 Å². The summed E-state index contributed by atoms with van der Waals surface area (Å²) >= 11 is 11.9. The van der Waals surface area contributed by atoms with Crippen molar-refractivity contribution in [1.82, 2.24) is 4.90 Å². The van der Waals surface area contributed by atoms with Crippen LogP contribution in [-0.2, 0) is 4.79 Å². The predicted octanol–water partition coefficient (Wildman–Crippen LogP) is 3.24. The number of carbonyl (C=O) groups is 1. The Kier molecular flexibility index (Phi) is 5.08. The third-order valence-electron chi connectivity index (χ3n) is 3.59. The summed E-state index contributed by atoms with van der Waals surface area (Å²) in [6.45, 7) is 3.05. The number of aliphatic hydroxyl groups excluding tert-OH is 1. The molecule has 1 aromatic rings. The van der Waals surface area contributed by atoms with Gasteiger partial charge in [0.1, 0.15) is 0 Å². The number of piperidine rings is 1. The number of β-amino-alcohol motifs (C(OH)–C–C–N with tert-alkyl or cyclic N) is 1. The minimum Gasteiger partial charge on any atom is -0.391 e. The van der Waals surface area contributed by atoms with E-state index in [0.717, 1.165) is 6.42 Å². The molecule has 3 nitrogen and oxygen atoms in total. The lowest BCUT2D eigenvalue weighted by molar-refractivity contribution is -0.130. The Morgan fingerprint density at radius 1 is 1.45 bits per heavy atom. The second-order valence-electron chi connectivity index (χ2n) is 5.12. The molecule has 0 aliphatic carbocycles. The van der Waals surface area contributed by atoms with E-state index in [1.807, 2.05) is 6.92 Å². The molecular formula is C15H17Cl2NO2. The number of nitrogens with zero attached hydrogens (tertiary/aromatic N) is 1. The Labute approximate surface area is 128 Å². The summed E-state index contributed by atoms with van der Waals surface area (Å²) in [6.07, 6.45) is 3.50. The molecule has 1 saturated heterocycles. The van der Waals surface area contributed by atoms with Crippen molar-refractivity contribution >= 4 is 35.2 Å². The summed E-state index contributed by atoms with van der Waals surface area (Å²) in [5.74, 6) is 0.123. The molecule has 1 aliphatic heterocycles. The molecule has 0 bridgehead atoms. The summed E-state index contributed by atoms with van der Waals surface area (Å²) < 4.78 is 0. The molecule has 2 rings (SSSR count). The number of likely N-dealkylation sites (tertiary alicyclic amines) is 1. The maximum Gasteiger partial charge on any atom is 0.246 e. The van der Waals surface area contributed by atoms with Gasteiger partial charge in [-0.25, -0.2) is 0 Å². The van der Waals surface area contributed by atoms with Gasteiger partial charge in [-0.1, -0.05) is 30.1 Å². The van der Waals surface area contributed by atoms with E-state index < -0.39 is 6.10 Å². The van der Waals surface area contributed by atoms with Crippen molar-refractivity contribution in [1.29, 1.82) is 0 Å². The first-order chi connectivity index (χ1) is 9.47. The van der Waals surface area contributed by atoms with Crippen LogP contribution in [-0.4, -0.2) is 35.1 Å². The molecule has 20 heavy (non-hydrogen) atoms. The zero-order valence-electron chi connectivity index (χ0n) is 11.2. The number of amides is 1. The second-order valence-corrected chi connectivity index (χ2v) is 5.96. The summed E-state index contributed by atoms with van der Waals surface area (Å²) in [7, 11) is 0. The van der Waals surface area contributed by atoms with Crippen LogP contribution < -0.4 is 0 Å². The topological polar surface area (TPSA) is 40.5 Å². The molecule has 0 radical (unpaired) electrons. The molecule has 0 spiro atoms. The van der Waals surface area contributed by atoms with Crippen molar-refractivity contribution in [2.24, 2.45) is 5.92 Å². The molecule has 5 heteroatoms. The molecule has 1 amide bonds. The minimum atomic E-state index is -0.448. The molecule has 1 fully saturated rings. The summed E-state index contributed by atoms with van der Waals surface area (Å²) in [5.41, 5.74) is 0.707. The third kappa shape index (κ3) is 3.75. The Morgan fingerprint density at radius 3 is 2.90 bits per heavy atom. The smallest absolute Gasteiger partial charge is 0.246 e. The molecule has 1 aromatic carbocycles. The zero-order valence-corrected chi connectivity index (χ0v) is 12.7. The zero-order chi connectivity index (χ0) is 14.7. The van der Waals surface area contributed by atoms with Crippen LogP contribution in [0.25, 0.3) is 6.08 Å². The number of hydrogen-bond acceptors (Lipinski definition) is 2. The van der Waals surface area contributed by atoms with Gasteiger partial charge in [0.05, 0.1) is 6.10 Å². The van der Waals surface area contributed by atoms with E-state index in [9.17, 15) is 9.90 Å². The van der Waals surface area contributed by atoms with Crippen molar-refractivity contribution in [3.05, 3.63) is 39.9 Å². The molecule has 1 heterocycles. The Bertz CT molecular complexity index is 531. The van der Waals surface area contributed by atoms with E-state index in [1.165, 1.54) is 6.08 Å². The molecule has 0 aromatic heterocycles. The van der Waals surface area contributed by atoms with E-state index in [4.69, 9.17) is 23.2 Å². The lowest BCUT2D eigenvalue weighted by Gasteiger charge is -2.33. The number of carbonyl (C=O) groups excluding carboxylic acids is 1. The van der Waals surface area contributed by atoms with Gasteiger partial charge >= 0.3 is 0 Å². The lowest BCUT2D eigenvalue weighted by atomic mass is 9.96. The highest BCUT2D eigenvalue weighted by molar-refractivity contribution is 6.34. The van der Waals surface area contributed by atoms with E-state index in [1.54, 1.807) is 29.2 Å². The van der Waals surface area contributed by atoms with Gasteiger partial charge in [-0.15, -0.1) is 0 Å². The normalized spacial score (nSPS) is 23.3. The monoisotopic (exact) mass is 313 g/mol. The minimum absolute atomic E-state index is 0.119. The van der Waals surface area contributed by atoms with Crippen LogP contribution in [0, 0.1) is 5.92 Å². The highest BCUT2D eigenvalue weighted by atomic mass is 35.5. The number of halogens is 2. The van der Waals surface area contributed by atoms with Gasteiger partial charge in [0.25, 0.3) is 0 Å². The van der Waals surface area contributed by atoms with Gasteiger partial charge in [-0.2, -0.15) is 0 Å². The van der Waals surface area contributed by atoms with Gasteiger partial charge in [-0.3, -0.25) is 4.79 Å². The van der Waals surface area contributed by atoms with Crippen LogP contribution in [0.15, 0.2) is 24.3 Å². The van der Waals surface area contributed by atoms with Crippen LogP contribution in [0.3, 0.4) is 0 Å². The first-order valence-corrected chi connectivity index (χ1v) is 7.33. The maximum absolute atomic E-state index is 12.1. The third-order valence-corrected chi connectivity index (χ3v) is 4.17. The predicted molar refractivity (Wildman–Crippen MR) is 81.9 cm³/mol. The molecule has 108 valence electrons. The number of aliphatic hydroxyl groups is 1. The fraction of sp³-hybridized carbons (Fsp3) is 0.400. The molecule has 1 aliphatic rings. The van der Waals surface area contributed by atoms with E-state index >= 15 is 0 Å². The van der Waals surface area contributed by atoms with Crippen molar-refractivity contribution in [3.8, 4) is 0 Å². The van der Waals surface area contributed by atoms with Crippen molar-refractivity contribution in [2.75, 3.05) is 13.1 Å². The number of benzene rings is 1. The van der Waals surface area contributed by atoms with Gasteiger partial charge in [0, 0.05) is 29.2 Å². The first kappa shape index (κ1) is 15.4. The highest BCUT2D eigenvalue weighted by Gasteiger charge is 2.26. The largest absolute Gasteiger partial charge is 0.391 e. The fourth-order valence-corrected chi connectivity index (χ4v) is 2.52. The number of rotatable bonds is 2. The van der Waals surface area contributed by atoms with Crippen LogP contribution in [0.2, 0.25) is 10.0 Å². The maximum atomic E-state index is 12.1. The first-order valence-electron chi connectivity index (χ1n) is 6.57. The van der Waals surface area contributed by atoms with Crippen LogP contribution in [0.5, 0.6) is 0 Å². The van der Waals surface area contributed by atoms with Crippen LogP contribution in [0.1, 0.15) is 18.9 Å². The van der Waals surface area contributed by atoms with Crippen molar-refractivity contribution in [3.63, 3.8) is 0 Å². The van der Waals surface area contributed by atoms with Crippen molar-refractivity contribution in [2.45, 2.75) is 19.4 Å². The molecule has 1 N–H and O–H groups in total. The lowest BCUT2D eigenvalue weighted by Crippen LogP contribution is -2.45. The molecule has 0 saturated carbocycles. The average molecular weight is 314 g/mol. The highest BCUT2D eigenvalue weighted by Crippen LogP contribution is 2.22. The van der Waals surface area contributed by atoms with Gasteiger partial charge in [0.15, 0.2) is 0 Å². The van der Waals surface area contributed by atoms with Gasteiger partial charge < -0.3 is 10.0 Å². The quantitative estimate of drug-likeness (QED) is 0.852.